The Hall–Kier alpha value is -1.64. The van der Waals surface area contributed by atoms with Gasteiger partial charge in [-0.2, -0.15) is 0 Å². The summed E-state index contributed by atoms with van der Waals surface area (Å²) >= 11 is 0. The first-order valence-corrected chi connectivity index (χ1v) is 5.05. The number of pyridine rings is 1. The molecule has 1 aliphatic heterocycles. The van der Waals surface area contributed by atoms with Crippen molar-refractivity contribution in [1.82, 2.24) is 4.98 Å². The lowest BCUT2D eigenvalue weighted by atomic mass is 10.2. The van der Waals surface area contributed by atoms with E-state index in [0.717, 1.165) is 25.3 Å². The van der Waals surface area contributed by atoms with Crippen LogP contribution in [0.5, 0.6) is 0 Å². The van der Waals surface area contributed by atoms with Gasteiger partial charge in [0.25, 0.3) is 0 Å². The molecule has 3 nitrogen and oxygen atoms in total. The quantitative estimate of drug-likeness (QED) is 0.543. The van der Waals surface area contributed by atoms with Gasteiger partial charge in [0, 0.05) is 24.8 Å². The highest BCUT2D eigenvalue weighted by Gasteiger charge is 2.16. The third-order valence-electron chi connectivity index (χ3n) is 2.63. The van der Waals surface area contributed by atoms with Crippen molar-refractivity contribution in [3.8, 4) is 0 Å². The number of aromatic nitrogens is 1. The average molecular weight is 202 g/mol. The molecule has 15 heavy (non-hydrogen) atoms. The van der Waals surface area contributed by atoms with Crippen LogP contribution in [0.25, 0.3) is 0 Å². The van der Waals surface area contributed by atoms with E-state index in [1.165, 1.54) is 5.57 Å². The summed E-state index contributed by atoms with van der Waals surface area (Å²) in [7, 11) is 0. The lowest BCUT2D eigenvalue weighted by Crippen LogP contribution is -2.19. The van der Waals surface area contributed by atoms with Crippen molar-refractivity contribution in [2.24, 2.45) is 0 Å². The Morgan fingerprint density at radius 1 is 1.53 bits per heavy atom. The van der Waals surface area contributed by atoms with E-state index in [0.29, 0.717) is 5.56 Å². The van der Waals surface area contributed by atoms with Crippen LogP contribution in [0, 0.1) is 0 Å². The number of carbonyl (C=O) groups excluding carboxylic acids is 1. The lowest BCUT2D eigenvalue weighted by molar-refractivity contribution is 0.101. The van der Waals surface area contributed by atoms with Gasteiger partial charge in [0.2, 0.25) is 0 Å². The highest BCUT2D eigenvalue weighted by Crippen LogP contribution is 2.20. The topological polar surface area (TPSA) is 33.2 Å². The Bertz CT molecular complexity index is 395. The maximum absolute atomic E-state index is 11.1. The Balaban J connectivity index is 2.17. The largest absolute Gasteiger partial charge is 0.352 e. The van der Waals surface area contributed by atoms with E-state index in [9.17, 15) is 4.79 Å². The van der Waals surface area contributed by atoms with Crippen LogP contribution in [0.15, 0.2) is 30.5 Å². The maximum Gasteiger partial charge on any atom is 0.161 e. The van der Waals surface area contributed by atoms with Crippen molar-refractivity contribution in [3.05, 3.63) is 36.0 Å². The van der Waals surface area contributed by atoms with Crippen LogP contribution in [-0.4, -0.2) is 23.9 Å². The van der Waals surface area contributed by atoms with E-state index >= 15 is 0 Å². The van der Waals surface area contributed by atoms with Gasteiger partial charge in [-0.3, -0.25) is 4.79 Å². The average Bonchev–Trinajstić information content (AvgIpc) is 2.65. The second-order valence-electron chi connectivity index (χ2n) is 3.88. The van der Waals surface area contributed by atoms with Crippen molar-refractivity contribution in [1.29, 1.82) is 0 Å². The summed E-state index contributed by atoms with van der Waals surface area (Å²) in [5.41, 5.74) is 1.91. The Morgan fingerprint density at radius 3 is 2.80 bits per heavy atom. The number of ketones is 1. The molecule has 3 heteroatoms. The van der Waals surface area contributed by atoms with E-state index in [4.69, 9.17) is 0 Å². The number of nitrogens with zero attached hydrogens (tertiary/aromatic N) is 2. The molecule has 1 aliphatic rings. The highest BCUT2D eigenvalue weighted by molar-refractivity contribution is 5.93. The number of anilines is 1. The van der Waals surface area contributed by atoms with Gasteiger partial charge in [-0.05, 0) is 25.5 Å². The van der Waals surface area contributed by atoms with E-state index < -0.39 is 0 Å². The molecule has 1 aromatic heterocycles. The van der Waals surface area contributed by atoms with Crippen LogP contribution in [-0.2, 0) is 0 Å². The van der Waals surface area contributed by atoms with Crippen molar-refractivity contribution in [2.45, 2.75) is 13.3 Å². The van der Waals surface area contributed by atoms with Gasteiger partial charge < -0.3 is 4.90 Å². The van der Waals surface area contributed by atoms with Crippen molar-refractivity contribution in [2.75, 3.05) is 18.0 Å². The predicted octanol–water partition coefficient (Wildman–Crippen LogP) is 2.05. The SMILES string of the molecule is C=C1CCN(c2ccc(C(C)=O)cn2)C1. The zero-order valence-electron chi connectivity index (χ0n) is 8.86. The predicted molar refractivity (Wildman–Crippen MR) is 60.2 cm³/mol. The van der Waals surface area contributed by atoms with Crippen LogP contribution in [0.2, 0.25) is 0 Å². The number of hydrogen-bond acceptors (Lipinski definition) is 3. The molecule has 0 atom stereocenters. The van der Waals surface area contributed by atoms with Gasteiger partial charge in [-0.1, -0.05) is 12.2 Å². The molecule has 0 amide bonds. The zero-order valence-corrected chi connectivity index (χ0v) is 8.86. The Kier molecular flexibility index (Phi) is 2.54. The molecule has 2 heterocycles. The van der Waals surface area contributed by atoms with Crippen molar-refractivity contribution < 1.29 is 4.79 Å². The molecule has 1 saturated heterocycles. The molecule has 0 N–H and O–H groups in total. The van der Waals surface area contributed by atoms with Crippen molar-refractivity contribution >= 4 is 11.6 Å². The summed E-state index contributed by atoms with van der Waals surface area (Å²) < 4.78 is 0. The molecular weight excluding hydrogens is 188 g/mol. The summed E-state index contributed by atoms with van der Waals surface area (Å²) in [5.74, 6) is 0.985. The summed E-state index contributed by atoms with van der Waals surface area (Å²) in [4.78, 5) is 17.5. The molecule has 1 aromatic rings. The van der Waals surface area contributed by atoms with Crippen LogP contribution in [0.4, 0.5) is 5.82 Å². The molecule has 1 fully saturated rings. The van der Waals surface area contributed by atoms with Crippen molar-refractivity contribution in [3.63, 3.8) is 0 Å². The molecular formula is C12H14N2O. The van der Waals surface area contributed by atoms with Gasteiger partial charge >= 0.3 is 0 Å². The van der Waals surface area contributed by atoms with Gasteiger partial charge in [-0.15, -0.1) is 0 Å². The van der Waals surface area contributed by atoms with Gasteiger partial charge in [-0.25, -0.2) is 4.98 Å². The molecule has 78 valence electrons. The second kappa shape index (κ2) is 3.85. The summed E-state index contributed by atoms with van der Waals surface area (Å²) in [6, 6.07) is 3.72. The maximum atomic E-state index is 11.1. The first-order valence-electron chi connectivity index (χ1n) is 5.05. The molecule has 0 aliphatic carbocycles. The zero-order chi connectivity index (χ0) is 10.8. The molecule has 0 bridgehead atoms. The smallest absolute Gasteiger partial charge is 0.161 e. The number of Topliss-reactive ketones (excluding diaryl/α,β-unsaturated/α-hetero) is 1. The minimum absolute atomic E-state index is 0.0554. The first-order chi connectivity index (χ1) is 7.16. The molecule has 0 aromatic carbocycles. The molecule has 0 radical (unpaired) electrons. The molecule has 0 saturated carbocycles. The Morgan fingerprint density at radius 2 is 2.33 bits per heavy atom. The monoisotopic (exact) mass is 202 g/mol. The van der Waals surface area contributed by atoms with Gasteiger partial charge in [0.15, 0.2) is 5.78 Å². The third kappa shape index (κ3) is 2.06. The van der Waals surface area contributed by atoms with Crippen LogP contribution in [0.3, 0.4) is 0 Å². The lowest BCUT2D eigenvalue weighted by Gasteiger charge is -2.15. The van der Waals surface area contributed by atoms with E-state index in [1.54, 1.807) is 13.1 Å². The van der Waals surface area contributed by atoms with E-state index in [1.807, 2.05) is 12.1 Å². The van der Waals surface area contributed by atoms with Gasteiger partial charge in [0.05, 0.1) is 0 Å². The minimum Gasteiger partial charge on any atom is -0.352 e. The highest BCUT2D eigenvalue weighted by atomic mass is 16.1. The Labute approximate surface area is 89.4 Å². The summed E-state index contributed by atoms with van der Waals surface area (Å²) in [6.07, 6.45) is 2.68. The fourth-order valence-corrected chi connectivity index (χ4v) is 1.70. The standard InChI is InChI=1S/C12H14N2O/c1-9-5-6-14(8-9)12-4-3-11(7-13-12)10(2)15/h3-4,7H,1,5-6,8H2,2H3. The number of rotatable bonds is 2. The van der Waals surface area contributed by atoms with E-state index in [-0.39, 0.29) is 5.78 Å². The van der Waals surface area contributed by atoms with Crippen LogP contribution >= 0.6 is 0 Å². The number of hydrogen-bond donors (Lipinski definition) is 0. The molecule has 0 unspecified atom stereocenters. The first kappa shape index (κ1) is 9.90. The number of carbonyl (C=O) groups is 1. The summed E-state index contributed by atoms with van der Waals surface area (Å²) in [6.45, 7) is 7.36. The van der Waals surface area contributed by atoms with Crippen LogP contribution < -0.4 is 4.90 Å². The van der Waals surface area contributed by atoms with E-state index in [2.05, 4.69) is 16.5 Å². The molecule has 0 spiro atoms. The fraction of sp³-hybridized carbons (Fsp3) is 0.333. The van der Waals surface area contributed by atoms with Gasteiger partial charge in [0.1, 0.15) is 5.82 Å². The minimum atomic E-state index is 0.0554. The third-order valence-corrected chi connectivity index (χ3v) is 2.63. The van der Waals surface area contributed by atoms with Crippen LogP contribution in [0.1, 0.15) is 23.7 Å². The molecule has 2 rings (SSSR count). The fourth-order valence-electron chi connectivity index (χ4n) is 1.70. The summed E-state index contributed by atoms with van der Waals surface area (Å²) in [5, 5.41) is 0. The second-order valence-corrected chi connectivity index (χ2v) is 3.88. The normalized spacial score (nSPS) is 15.8.